The van der Waals surface area contributed by atoms with E-state index in [2.05, 4.69) is 5.32 Å². The fourth-order valence-corrected chi connectivity index (χ4v) is 6.45. The van der Waals surface area contributed by atoms with Crippen LogP contribution in [0.2, 0.25) is 0 Å². The second-order valence-electron chi connectivity index (χ2n) is 9.39. The van der Waals surface area contributed by atoms with Gasteiger partial charge in [-0.3, -0.25) is 14.4 Å². The molecular weight excluding hydrogens is 398 g/mol. The van der Waals surface area contributed by atoms with E-state index in [1.807, 2.05) is 56.9 Å². The van der Waals surface area contributed by atoms with E-state index in [0.717, 1.165) is 37.9 Å². The van der Waals surface area contributed by atoms with Crippen LogP contribution in [0.25, 0.3) is 0 Å². The van der Waals surface area contributed by atoms with Crippen molar-refractivity contribution in [1.82, 2.24) is 15.1 Å². The van der Waals surface area contributed by atoms with Crippen LogP contribution in [0.15, 0.2) is 24.3 Å². The van der Waals surface area contributed by atoms with Crippen molar-refractivity contribution in [3.63, 3.8) is 0 Å². The summed E-state index contributed by atoms with van der Waals surface area (Å²) in [4.78, 5) is 43.4. The Kier molecular flexibility index (Phi) is 5.60. The third-order valence-electron chi connectivity index (χ3n) is 6.44. The third-order valence-corrected chi connectivity index (χ3v) is 7.98. The van der Waals surface area contributed by atoms with Gasteiger partial charge in [-0.05, 0) is 50.7 Å². The van der Waals surface area contributed by atoms with Gasteiger partial charge in [-0.15, -0.1) is 11.8 Å². The highest BCUT2D eigenvalue weighted by Gasteiger charge is 2.57. The molecule has 1 aromatic rings. The Morgan fingerprint density at radius 2 is 1.80 bits per heavy atom. The Labute approximate surface area is 182 Å². The van der Waals surface area contributed by atoms with Crippen molar-refractivity contribution in [3.05, 3.63) is 35.4 Å². The minimum atomic E-state index is -0.622. The van der Waals surface area contributed by atoms with Crippen molar-refractivity contribution in [2.75, 3.05) is 13.1 Å². The van der Waals surface area contributed by atoms with Crippen LogP contribution in [-0.2, 0) is 9.59 Å². The maximum absolute atomic E-state index is 13.5. The molecule has 162 valence electrons. The maximum Gasteiger partial charge on any atom is 0.256 e. The summed E-state index contributed by atoms with van der Waals surface area (Å²) in [5.41, 5.74) is 1.65. The van der Waals surface area contributed by atoms with Crippen LogP contribution in [-0.4, -0.2) is 57.4 Å². The lowest BCUT2D eigenvalue weighted by molar-refractivity contribution is -0.139. The van der Waals surface area contributed by atoms with E-state index >= 15 is 0 Å². The zero-order valence-corrected chi connectivity index (χ0v) is 19.0. The van der Waals surface area contributed by atoms with Crippen molar-refractivity contribution in [1.29, 1.82) is 0 Å². The van der Waals surface area contributed by atoms with Gasteiger partial charge in [0.15, 0.2) is 0 Å². The lowest BCUT2D eigenvalue weighted by Gasteiger charge is -2.35. The highest BCUT2D eigenvalue weighted by Crippen LogP contribution is 2.56. The molecule has 3 aliphatic heterocycles. The average Bonchev–Trinajstić information content (AvgIpc) is 3.15. The quantitative estimate of drug-likeness (QED) is 0.798. The summed E-state index contributed by atoms with van der Waals surface area (Å²) in [7, 11) is 0. The third kappa shape index (κ3) is 3.51. The number of benzene rings is 1. The first-order chi connectivity index (χ1) is 14.2. The summed E-state index contributed by atoms with van der Waals surface area (Å²) in [6, 6.07) is 6.39. The van der Waals surface area contributed by atoms with E-state index in [-0.39, 0.29) is 29.0 Å². The fraction of sp³-hybridized carbons (Fsp3) is 0.609. The van der Waals surface area contributed by atoms with E-state index in [1.165, 1.54) is 0 Å². The summed E-state index contributed by atoms with van der Waals surface area (Å²) in [5.74, 6) is -0.366. The number of carbonyl (C=O) groups is 3. The number of thioether (sulfide) groups is 1. The molecule has 1 N–H and O–H groups in total. The van der Waals surface area contributed by atoms with E-state index < -0.39 is 16.8 Å². The standard InChI is InChI=1S/C23H31N3O3S/c1-14(2)17(21(29)25-12-8-5-9-13-25)24-19(27)18-23(3,4)30-22-16-11-7-6-10-15(16)20(28)26(18)22/h6-7,10-11,14,17-18,22H,5,8-9,12-13H2,1-4H3,(H,24,27)/t17-,18+,22?/m0/s1. The predicted molar refractivity (Wildman–Crippen MR) is 118 cm³/mol. The molecular formula is C23H31N3O3S. The van der Waals surface area contributed by atoms with Gasteiger partial charge in [-0.25, -0.2) is 0 Å². The number of piperidine rings is 1. The van der Waals surface area contributed by atoms with Crippen molar-refractivity contribution in [3.8, 4) is 0 Å². The lowest BCUT2D eigenvalue weighted by Crippen LogP contribution is -2.59. The highest BCUT2D eigenvalue weighted by atomic mass is 32.2. The molecule has 3 amide bonds. The van der Waals surface area contributed by atoms with Crippen LogP contribution < -0.4 is 5.32 Å². The first kappa shape index (κ1) is 21.2. The van der Waals surface area contributed by atoms with Crippen LogP contribution in [0.3, 0.4) is 0 Å². The summed E-state index contributed by atoms with van der Waals surface area (Å²) < 4.78 is -0.451. The summed E-state index contributed by atoms with van der Waals surface area (Å²) >= 11 is 1.64. The van der Waals surface area contributed by atoms with E-state index in [4.69, 9.17) is 0 Å². The molecule has 0 bridgehead atoms. The molecule has 30 heavy (non-hydrogen) atoms. The number of nitrogens with one attached hydrogen (secondary N) is 1. The van der Waals surface area contributed by atoms with Gasteiger partial charge >= 0.3 is 0 Å². The number of rotatable bonds is 4. The highest BCUT2D eigenvalue weighted by molar-refractivity contribution is 8.01. The average molecular weight is 430 g/mol. The van der Waals surface area contributed by atoms with Gasteiger partial charge in [0.1, 0.15) is 17.5 Å². The smallest absolute Gasteiger partial charge is 0.256 e. The number of carbonyl (C=O) groups excluding carboxylic acids is 3. The number of hydrogen-bond acceptors (Lipinski definition) is 4. The molecule has 7 heteroatoms. The van der Waals surface area contributed by atoms with Crippen LogP contribution >= 0.6 is 11.8 Å². The molecule has 2 fully saturated rings. The monoisotopic (exact) mass is 429 g/mol. The molecule has 0 aliphatic carbocycles. The van der Waals surface area contributed by atoms with Gasteiger partial charge in [-0.2, -0.15) is 0 Å². The van der Waals surface area contributed by atoms with Crippen LogP contribution in [0.1, 0.15) is 68.3 Å². The van der Waals surface area contributed by atoms with E-state index in [9.17, 15) is 14.4 Å². The van der Waals surface area contributed by atoms with Crippen molar-refractivity contribution < 1.29 is 14.4 Å². The fourth-order valence-electron chi connectivity index (χ4n) is 4.86. The first-order valence-electron chi connectivity index (χ1n) is 10.9. The number of fused-ring (bicyclic) bond motifs is 3. The Morgan fingerprint density at radius 1 is 1.13 bits per heavy atom. The molecule has 2 saturated heterocycles. The van der Waals surface area contributed by atoms with Crippen LogP contribution in [0, 0.1) is 5.92 Å². The van der Waals surface area contributed by atoms with E-state index in [0.29, 0.717) is 5.56 Å². The molecule has 0 saturated carbocycles. The van der Waals surface area contributed by atoms with Gasteiger partial charge in [0.05, 0.1) is 0 Å². The number of nitrogens with zero attached hydrogens (tertiary/aromatic N) is 2. The van der Waals surface area contributed by atoms with Crippen molar-refractivity contribution >= 4 is 29.5 Å². The van der Waals surface area contributed by atoms with Crippen molar-refractivity contribution in [2.24, 2.45) is 5.92 Å². The van der Waals surface area contributed by atoms with Gasteiger partial charge < -0.3 is 15.1 Å². The normalized spacial score (nSPS) is 25.8. The number of hydrogen-bond donors (Lipinski definition) is 1. The summed E-state index contributed by atoms with van der Waals surface area (Å²) in [6.45, 7) is 9.44. The molecule has 6 nitrogen and oxygen atoms in total. The van der Waals surface area contributed by atoms with Gasteiger partial charge in [-0.1, -0.05) is 32.0 Å². The Hall–Kier alpha value is -2.02. The SMILES string of the molecule is CC(C)[C@H](NC(=O)[C@H]1N2C(=O)c3ccccc3C2SC1(C)C)C(=O)N1CCCCC1. The second kappa shape index (κ2) is 7.91. The number of amides is 3. The molecule has 3 atom stereocenters. The Balaban J connectivity index is 1.57. The largest absolute Gasteiger partial charge is 0.342 e. The zero-order chi connectivity index (χ0) is 21.6. The molecule has 1 unspecified atom stereocenters. The Bertz CT molecular complexity index is 863. The molecule has 3 aliphatic rings. The predicted octanol–water partition coefficient (Wildman–Crippen LogP) is 3.19. The summed E-state index contributed by atoms with van der Waals surface area (Å²) in [6.07, 6.45) is 3.17. The molecule has 0 spiro atoms. The molecule has 0 radical (unpaired) electrons. The van der Waals surface area contributed by atoms with Gasteiger partial charge in [0.2, 0.25) is 11.8 Å². The minimum Gasteiger partial charge on any atom is -0.342 e. The second-order valence-corrected chi connectivity index (χ2v) is 11.1. The number of likely N-dealkylation sites (tertiary alicyclic amines) is 1. The van der Waals surface area contributed by atoms with Crippen molar-refractivity contribution in [2.45, 2.75) is 69.2 Å². The Morgan fingerprint density at radius 3 is 2.47 bits per heavy atom. The molecule has 4 rings (SSSR count). The maximum atomic E-state index is 13.5. The lowest BCUT2D eigenvalue weighted by atomic mass is 9.97. The molecule has 3 heterocycles. The zero-order valence-electron chi connectivity index (χ0n) is 18.2. The minimum absolute atomic E-state index is 0.00547. The molecule has 1 aromatic carbocycles. The molecule has 0 aromatic heterocycles. The van der Waals surface area contributed by atoms with Crippen LogP contribution in [0.5, 0.6) is 0 Å². The summed E-state index contributed by atoms with van der Waals surface area (Å²) in [5, 5.41) is 2.88. The van der Waals surface area contributed by atoms with Gasteiger partial charge in [0, 0.05) is 23.4 Å². The van der Waals surface area contributed by atoms with Gasteiger partial charge in [0.25, 0.3) is 5.91 Å². The topological polar surface area (TPSA) is 69.7 Å². The van der Waals surface area contributed by atoms with E-state index in [1.54, 1.807) is 16.7 Å². The van der Waals surface area contributed by atoms with Crippen LogP contribution in [0.4, 0.5) is 0 Å². The first-order valence-corrected chi connectivity index (χ1v) is 11.8.